The Balaban J connectivity index is 2.47. The van der Waals surface area contributed by atoms with Crippen LogP contribution < -0.4 is 11.2 Å². The van der Waals surface area contributed by atoms with Crippen molar-refractivity contribution in [2.24, 2.45) is 16.6 Å². The molecule has 0 saturated heterocycles. The molecule has 1 fully saturated rings. The minimum absolute atomic E-state index is 0.128. The maximum absolute atomic E-state index is 8.38. The molecule has 2 atom stereocenters. The summed E-state index contributed by atoms with van der Waals surface area (Å²) in [6.07, 6.45) is 3.52. The van der Waals surface area contributed by atoms with Crippen LogP contribution in [-0.2, 0) is 0 Å². The van der Waals surface area contributed by atoms with Crippen molar-refractivity contribution in [2.75, 3.05) is 0 Å². The van der Waals surface area contributed by atoms with Crippen molar-refractivity contribution in [3.05, 3.63) is 0 Å². The highest BCUT2D eigenvalue weighted by atomic mass is 16.5. The van der Waals surface area contributed by atoms with Gasteiger partial charge in [-0.25, -0.2) is 10.5 Å². The molecule has 4 heteroatoms. The van der Waals surface area contributed by atoms with Crippen molar-refractivity contribution in [2.45, 2.75) is 32.2 Å². The van der Waals surface area contributed by atoms with Gasteiger partial charge >= 0.3 is 0 Å². The second kappa shape index (κ2) is 3.57. The van der Waals surface area contributed by atoms with E-state index in [1.165, 1.54) is 12.8 Å². The van der Waals surface area contributed by atoms with Gasteiger partial charge in [-0.1, -0.05) is 13.3 Å². The molecule has 1 aliphatic rings. The fraction of sp³-hybridized carbons (Fsp3) is 0.857. The first-order valence-electron chi connectivity index (χ1n) is 3.97. The number of rotatable bonds is 1. The Kier molecular flexibility index (Phi) is 2.70. The Hall–Kier alpha value is -0.770. The first-order valence-corrected chi connectivity index (χ1v) is 3.97. The fourth-order valence-electron chi connectivity index (χ4n) is 1.53. The molecule has 0 spiro atoms. The van der Waals surface area contributed by atoms with Crippen LogP contribution in [0.5, 0.6) is 0 Å². The highest BCUT2D eigenvalue weighted by Gasteiger charge is 2.22. The third kappa shape index (κ3) is 2.08. The topological polar surface area (TPSA) is 70.6 Å². The fourth-order valence-corrected chi connectivity index (χ4v) is 1.53. The maximum atomic E-state index is 8.38. The average Bonchev–Trinajstić information content (AvgIpc) is 2.37. The van der Waals surface area contributed by atoms with Crippen LogP contribution in [-0.4, -0.2) is 17.2 Å². The van der Waals surface area contributed by atoms with Gasteiger partial charge in [-0.15, -0.1) is 0 Å². The van der Waals surface area contributed by atoms with Crippen LogP contribution in [0.15, 0.2) is 4.99 Å². The largest absolute Gasteiger partial charge is 0.368 e. The lowest BCUT2D eigenvalue weighted by Crippen LogP contribution is -2.30. The Morgan fingerprint density at radius 2 is 2.36 bits per heavy atom. The molecule has 0 aromatic carbocycles. The van der Waals surface area contributed by atoms with E-state index in [4.69, 9.17) is 10.9 Å². The standard InChI is InChI=1S/C7H15N3O/c1-5-3-2-4-6(5)9-7(8)10-11/h5-6,11H,2-4H2,1H3,(H3,8,9,10). The normalized spacial score (nSPS) is 32.4. The van der Waals surface area contributed by atoms with E-state index in [0.29, 0.717) is 12.0 Å². The lowest BCUT2D eigenvalue weighted by molar-refractivity contribution is 0.231. The van der Waals surface area contributed by atoms with Gasteiger partial charge in [0, 0.05) is 0 Å². The quantitative estimate of drug-likeness (QED) is 0.294. The Morgan fingerprint density at radius 3 is 2.82 bits per heavy atom. The SMILES string of the molecule is CC1CCCC1N=C(N)NO. The van der Waals surface area contributed by atoms with Gasteiger partial charge in [0.2, 0.25) is 5.96 Å². The molecule has 0 aliphatic heterocycles. The minimum atomic E-state index is 0.128. The molecule has 64 valence electrons. The first kappa shape index (κ1) is 8.33. The predicted molar refractivity (Wildman–Crippen MR) is 43.3 cm³/mol. The van der Waals surface area contributed by atoms with Crippen molar-refractivity contribution in [3.63, 3.8) is 0 Å². The van der Waals surface area contributed by atoms with E-state index >= 15 is 0 Å². The smallest absolute Gasteiger partial charge is 0.213 e. The molecule has 0 bridgehead atoms. The first-order chi connectivity index (χ1) is 5.24. The van der Waals surface area contributed by atoms with E-state index in [1.807, 2.05) is 5.48 Å². The molecule has 1 aliphatic carbocycles. The van der Waals surface area contributed by atoms with E-state index in [2.05, 4.69) is 11.9 Å². The number of nitrogens with zero attached hydrogens (tertiary/aromatic N) is 1. The Bertz CT molecular complexity index is 158. The summed E-state index contributed by atoms with van der Waals surface area (Å²) in [7, 11) is 0. The molecule has 0 aromatic heterocycles. The Labute approximate surface area is 66.5 Å². The number of nitrogens with one attached hydrogen (secondary N) is 1. The van der Waals surface area contributed by atoms with Crippen LogP contribution in [0.3, 0.4) is 0 Å². The summed E-state index contributed by atoms with van der Waals surface area (Å²) >= 11 is 0. The monoisotopic (exact) mass is 157 g/mol. The maximum Gasteiger partial charge on any atom is 0.213 e. The molecule has 0 amide bonds. The molecule has 4 nitrogen and oxygen atoms in total. The number of aliphatic imine (C=N–C) groups is 1. The Morgan fingerprint density at radius 1 is 1.64 bits per heavy atom. The summed E-state index contributed by atoms with van der Waals surface area (Å²) < 4.78 is 0. The number of nitrogens with two attached hydrogens (primary N) is 1. The summed E-state index contributed by atoms with van der Waals surface area (Å²) in [6.45, 7) is 2.16. The third-order valence-corrected chi connectivity index (χ3v) is 2.24. The molecule has 1 saturated carbocycles. The molecular formula is C7H15N3O. The zero-order valence-corrected chi connectivity index (χ0v) is 6.75. The average molecular weight is 157 g/mol. The van der Waals surface area contributed by atoms with E-state index in [9.17, 15) is 0 Å². The summed E-state index contributed by atoms with van der Waals surface area (Å²) in [5.74, 6) is 0.727. The number of hydrogen-bond acceptors (Lipinski definition) is 2. The molecular weight excluding hydrogens is 142 g/mol. The molecule has 0 aromatic rings. The van der Waals surface area contributed by atoms with Crippen LogP contribution in [0.25, 0.3) is 0 Å². The van der Waals surface area contributed by atoms with Crippen molar-refractivity contribution in [1.29, 1.82) is 0 Å². The second-order valence-electron chi connectivity index (χ2n) is 3.10. The molecule has 1 rings (SSSR count). The number of hydroxylamine groups is 1. The summed E-state index contributed by atoms with van der Waals surface area (Å²) in [6, 6.07) is 0.301. The minimum Gasteiger partial charge on any atom is -0.368 e. The van der Waals surface area contributed by atoms with Crippen LogP contribution in [0.2, 0.25) is 0 Å². The van der Waals surface area contributed by atoms with Gasteiger partial charge in [0.1, 0.15) is 0 Å². The third-order valence-electron chi connectivity index (χ3n) is 2.24. The van der Waals surface area contributed by atoms with Crippen LogP contribution >= 0.6 is 0 Å². The van der Waals surface area contributed by atoms with E-state index in [0.717, 1.165) is 6.42 Å². The van der Waals surface area contributed by atoms with Gasteiger partial charge in [0.05, 0.1) is 6.04 Å². The zero-order chi connectivity index (χ0) is 8.27. The summed E-state index contributed by atoms with van der Waals surface area (Å²) in [5, 5.41) is 8.38. The van der Waals surface area contributed by atoms with E-state index in [1.54, 1.807) is 0 Å². The van der Waals surface area contributed by atoms with Gasteiger partial charge in [-0.05, 0) is 18.8 Å². The molecule has 2 unspecified atom stereocenters. The van der Waals surface area contributed by atoms with E-state index < -0.39 is 0 Å². The van der Waals surface area contributed by atoms with E-state index in [-0.39, 0.29) is 5.96 Å². The van der Waals surface area contributed by atoms with Gasteiger partial charge in [0.15, 0.2) is 0 Å². The molecule has 0 radical (unpaired) electrons. The molecule has 4 N–H and O–H groups in total. The zero-order valence-electron chi connectivity index (χ0n) is 6.75. The number of hydrogen-bond donors (Lipinski definition) is 3. The lowest BCUT2D eigenvalue weighted by Gasteiger charge is -2.09. The highest BCUT2D eigenvalue weighted by Crippen LogP contribution is 2.27. The molecule has 11 heavy (non-hydrogen) atoms. The van der Waals surface area contributed by atoms with Crippen molar-refractivity contribution in [3.8, 4) is 0 Å². The van der Waals surface area contributed by atoms with Crippen molar-refractivity contribution >= 4 is 5.96 Å². The van der Waals surface area contributed by atoms with Crippen LogP contribution in [0.1, 0.15) is 26.2 Å². The summed E-state index contributed by atoms with van der Waals surface area (Å²) in [5.41, 5.74) is 7.14. The summed E-state index contributed by atoms with van der Waals surface area (Å²) in [4.78, 5) is 4.11. The van der Waals surface area contributed by atoms with Gasteiger partial charge < -0.3 is 5.73 Å². The highest BCUT2D eigenvalue weighted by molar-refractivity contribution is 5.76. The van der Waals surface area contributed by atoms with Gasteiger partial charge in [-0.2, -0.15) is 0 Å². The number of guanidine groups is 1. The van der Waals surface area contributed by atoms with Crippen LogP contribution in [0.4, 0.5) is 0 Å². The lowest BCUT2D eigenvalue weighted by atomic mass is 10.1. The second-order valence-corrected chi connectivity index (χ2v) is 3.10. The van der Waals surface area contributed by atoms with Gasteiger partial charge in [-0.3, -0.25) is 5.21 Å². The molecule has 0 heterocycles. The predicted octanol–water partition coefficient (Wildman–Crippen LogP) is 0.469. The van der Waals surface area contributed by atoms with Crippen molar-refractivity contribution in [1.82, 2.24) is 5.48 Å². The van der Waals surface area contributed by atoms with Gasteiger partial charge in [0.25, 0.3) is 0 Å². The van der Waals surface area contributed by atoms with Crippen LogP contribution in [0, 0.1) is 5.92 Å². The van der Waals surface area contributed by atoms with Crippen molar-refractivity contribution < 1.29 is 5.21 Å².